The zero-order valence-electron chi connectivity index (χ0n) is 11.2. The van der Waals surface area contributed by atoms with Gasteiger partial charge in [-0.25, -0.2) is 14.2 Å². The maximum absolute atomic E-state index is 14.0. The van der Waals surface area contributed by atoms with E-state index < -0.39 is 11.5 Å². The van der Waals surface area contributed by atoms with Crippen molar-refractivity contribution in [2.45, 2.75) is 10.9 Å². The van der Waals surface area contributed by atoms with E-state index in [4.69, 9.17) is 16.9 Å². The predicted octanol–water partition coefficient (Wildman–Crippen LogP) is 3.14. The molecule has 0 spiro atoms. The van der Waals surface area contributed by atoms with Crippen molar-refractivity contribution >= 4 is 44.9 Å². The standard InChI is InChI=1S/C13H6BrClFN5OS/c14-8-1-6(10(16)9(15)2-8)5-23-12-19-11-7(3-17)4-18-21(11)13(22)20-12/h1-2,4H,5H2,(H,19,20,22). The number of benzene rings is 1. The minimum atomic E-state index is -0.522. The first kappa shape index (κ1) is 16.0. The molecule has 3 aromatic rings. The number of nitrogens with zero attached hydrogens (tertiary/aromatic N) is 4. The van der Waals surface area contributed by atoms with E-state index in [0.29, 0.717) is 10.0 Å². The lowest BCUT2D eigenvalue weighted by Gasteiger charge is -2.05. The number of nitriles is 1. The molecule has 0 aliphatic carbocycles. The van der Waals surface area contributed by atoms with Crippen molar-refractivity contribution in [3.05, 3.63) is 55.3 Å². The highest BCUT2D eigenvalue weighted by atomic mass is 79.9. The van der Waals surface area contributed by atoms with Crippen molar-refractivity contribution in [1.82, 2.24) is 19.6 Å². The molecule has 0 fully saturated rings. The van der Waals surface area contributed by atoms with Crippen LogP contribution in [0.5, 0.6) is 0 Å². The molecule has 116 valence electrons. The van der Waals surface area contributed by atoms with Crippen LogP contribution in [-0.4, -0.2) is 19.6 Å². The molecule has 0 aliphatic heterocycles. The summed E-state index contributed by atoms with van der Waals surface area (Å²) in [6.07, 6.45) is 1.26. The zero-order valence-corrected chi connectivity index (χ0v) is 14.3. The SMILES string of the molecule is N#Cc1cnn2c(=O)[nH]c(SCc3cc(Br)cc(Cl)c3F)nc12. The highest BCUT2D eigenvalue weighted by molar-refractivity contribution is 9.10. The second-order valence-electron chi connectivity index (χ2n) is 4.40. The molecule has 0 radical (unpaired) electrons. The Balaban J connectivity index is 1.94. The summed E-state index contributed by atoms with van der Waals surface area (Å²) in [6.45, 7) is 0. The maximum Gasteiger partial charge on any atom is 0.350 e. The van der Waals surface area contributed by atoms with Crippen LogP contribution >= 0.6 is 39.3 Å². The van der Waals surface area contributed by atoms with Gasteiger partial charge >= 0.3 is 5.69 Å². The van der Waals surface area contributed by atoms with Gasteiger partial charge in [-0.3, -0.25) is 4.98 Å². The van der Waals surface area contributed by atoms with Gasteiger partial charge in [0.25, 0.3) is 0 Å². The number of rotatable bonds is 3. The number of hydrogen-bond donors (Lipinski definition) is 1. The summed E-state index contributed by atoms with van der Waals surface area (Å²) in [5.74, 6) is -0.312. The summed E-state index contributed by atoms with van der Waals surface area (Å²) in [4.78, 5) is 18.6. The van der Waals surface area contributed by atoms with Crippen LogP contribution in [0, 0.1) is 17.1 Å². The topological polar surface area (TPSA) is 86.8 Å². The lowest BCUT2D eigenvalue weighted by molar-refractivity contribution is 0.617. The second kappa shape index (κ2) is 6.31. The first-order valence-corrected chi connectivity index (χ1v) is 8.29. The number of halogens is 3. The summed E-state index contributed by atoms with van der Waals surface area (Å²) in [6, 6.07) is 4.97. The summed E-state index contributed by atoms with van der Waals surface area (Å²) in [5, 5.41) is 13.0. The lowest BCUT2D eigenvalue weighted by Crippen LogP contribution is -2.19. The minimum absolute atomic E-state index is 0.00874. The highest BCUT2D eigenvalue weighted by Gasteiger charge is 2.13. The Morgan fingerprint density at radius 2 is 2.30 bits per heavy atom. The zero-order chi connectivity index (χ0) is 16.6. The molecule has 0 saturated carbocycles. The number of thioether (sulfide) groups is 1. The van der Waals surface area contributed by atoms with Crippen molar-refractivity contribution in [2.75, 3.05) is 0 Å². The van der Waals surface area contributed by atoms with E-state index in [1.165, 1.54) is 12.3 Å². The molecule has 0 unspecified atom stereocenters. The smallest absolute Gasteiger partial charge is 0.285 e. The second-order valence-corrected chi connectivity index (χ2v) is 6.69. The van der Waals surface area contributed by atoms with E-state index >= 15 is 0 Å². The Bertz CT molecular complexity index is 1010. The van der Waals surface area contributed by atoms with Gasteiger partial charge in [-0.05, 0) is 12.1 Å². The fourth-order valence-corrected chi connectivity index (χ4v) is 3.56. The summed E-state index contributed by atoms with van der Waals surface area (Å²) < 4.78 is 15.6. The quantitative estimate of drug-likeness (QED) is 0.525. The molecule has 10 heteroatoms. The van der Waals surface area contributed by atoms with Crippen LogP contribution in [0.4, 0.5) is 4.39 Å². The third-order valence-electron chi connectivity index (χ3n) is 2.91. The van der Waals surface area contributed by atoms with Crippen molar-refractivity contribution in [2.24, 2.45) is 0 Å². The van der Waals surface area contributed by atoms with Gasteiger partial charge in [-0.1, -0.05) is 39.3 Å². The molecule has 0 atom stereocenters. The van der Waals surface area contributed by atoms with Gasteiger partial charge in [0, 0.05) is 15.8 Å². The lowest BCUT2D eigenvalue weighted by atomic mass is 10.2. The molecule has 1 aromatic carbocycles. The van der Waals surface area contributed by atoms with Crippen molar-refractivity contribution < 1.29 is 4.39 Å². The van der Waals surface area contributed by atoms with Gasteiger partial charge in [0.1, 0.15) is 17.4 Å². The van der Waals surface area contributed by atoms with E-state index in [0.717, 1.165) is 16.3 Å². The van der Waals surface area contributed by atoms with Gasteiger partial charge in [0.15, 0.2) is 10.8 Å². The Morgan fingerprint density at radius 1 is 1.52 bits per heavy atom. The maximum atomic E-state index is 14.0. The van der Waals surface area contributed by atoms with Crippen LogP contribution in [-0.2, 0) is 5.75 Å². The Labute approximate surface area is 146 Å². The normalized spacial score (nSPS) is 10.9. The Morgan fingerprint density at radius 3 is 3.04 bits per heavy atom. The molecule has 0 saturated heterocycles. The number of aromatic amines is 1. The first-order chi connectivity index (χ1) is 11.0. The molecule has 0 aliphatic rings. The number of H-pyrrole nitrogens is 1. The fourth-order valence-electron chi connectivity index (χ4n) is 1.87. The van der Waals surface area contributed by atoms with Crippen LogP contribution in [0.1, 0.15) is 11.1 Å². The van der Waals surface area contributed by atoms with Crippen molar-refractivity contribution in [3.8, 4) is 6.07 Å². The van der Waals surface area contributed by atoms with Crippen molar-refractivity contribution in [1.29, 1.82) is 5.26 Å². The molecular formula is C13H6BrClFN5OS. The summed E-state index contributed by atoms with van der Waals surface area (Å²) >= 11 is 10.2. The molecule has 2 heterocycles. The van der Waals surface area contributed by atoms with Gasteiger partial charge in [0.2, 0.25) is 0 Å². The first-order valence-electron chi connectivity index (χ1n) is 6.14. The Hall–Kier alpha value is -1.89. The summed E-state index contributed by atoms with van der Waals surface area (Å²) in [7, 11) is 0. The highest BCUT2D eigenvalue weighted by Crippen LogP contribution is 2.28. The molecule has 6 nitrogen and oxygen atoms in total. The van der Waals surface area contributed by atoms with Crippen LogP contribution in [0.15, 0.2) is 32.8 Å². The molecular weight excluding hydrogens is 409 g/mol. The van der Waals surface area contributed by atoms with E-state index in [1.54, 1.807) is 6.07 Å². The third kappa shape index (κ3) is 3.10. The number of hydrogen-bond acceptors (Lipinski definition) is 5. The third-order valence-corrected chi connectivity index (χ3v) is 4.57. The van der Waals surface area contributed by atoms with Gasteiger partial charge in [-0.2, -0.15) is 14.9 Å². The fraction of sp³-hybridized carbons (Fsp3) is 0.0769. The molecule has 1 N–H and O–H groups in total. The van der Waals surface area contributed by atoms with E-state index in [9.17, 15) is 9.18 Å². The molecule has 3 rings (SSSR count). The molecule has 0 amide bonds. The number of fused-ring (bicyclic) bond motifs is 1. The average molecular weight is 415 g/mol. The van der Waals surface area contributed by atoms with Gasteiger partial charge in [0.05, 0.1) is 11.2 Å². The van der Waals surface area contributed by atoms with Crippen LogP contribution in [0.3, 0.4) is 0 Å². The van der Waals surface area contributed by atoms with Crippen LogP contribution in [0.2, 0.25) is 5.02 Å². The van der Waals surface area contributed by atoms with Gasteiger partial charge in [-0.15, -0.1) is 0 Å². The van der Waals surface area contributed by atoms with Crippen LogP contribution in [0.25, 0.3) is 5.65 Å². The number of nitrogens with one attached hydrogen (secondary N) is 1. The summed E-state index contributed by atoms with van der Waals surface area (Å²) in [5.41, 5.74) is 0.193. The van der Waals surface area contributed by atoms with E-state index in [2.05, 4.69) is 31.0 Å². The average Bonchev–Trinajstić information content (AvgIpc) is 2.93. The largest absolute Gasteiger partial charge is 0.350 e. The Kier molecular flexibility index (Phi) is 4.39. The van der Waals surface area contributed by atoms with Crippen LogP contribution < -0.4 is 5.69 Å². The monoisotopic (exact) mass is 413 g/mol. The van der Waals surface area contributed by atoms with Gasteiger partial charge < -0.3 is 0 Å². The van der Waals surface area contributed by atoms with E-state index in [-0.39, 0.29) is 27.1 Å². The predicted molar refractivity (Wildman–Crippen MR) is 87.0 cm³/mol. The molecule has 0 bridgehead atoms. The minimum Gasteiger partial charge on any atom is -0.285 e. The molecule has 2 aromatic heterocycles. The van der Waals surface area contributed by atoms with Crippen molar-refractivity contribution in [3.63, 3.8) is 0 Å². The number of aromatic nitrogens is 4. The van der Waals surface area contributed by atoms with E-state index in [1.807, 2.05) is 6.07 Å². The molecule has 23 heavy (non-hydrogen) atoms.